The molecule has 3 heteroatoms. The van der Waals surface area contributed by atoms with Crippen LogP contribution >= 0.6 is 0 Å². The number of hydrogen-bond acceptors (Lipinski definition) is 2. The van der Waals surface area contributed by atoms with Gasteiger partial charge < -0.3 is 0 Å². The lowest BCUT2D eigenvalue weighted by atomic mass is 9.92. The fourth-order valence-electron chi connectivity index (χ4n) is 2.80. The SMILES string of the molecule is CC(C)CCCC(CCCC(C)C)C(=O)NOCc1ccccc1. The summed E-state index contributed by atoms with van der Waals surface area (Å²) in [7, 11) is 0. The summed E-state index contributed by atoms with van der Waals surface area (Å²) >= 11 is 0. The van der Waals surface area contributed by atoms with E-state index in [1.807, 2.05) is 30.3 Å². The van der Waals surface area contributed by atoms with Crippen molar-refractivity contribution in [2.75, 3.05) is 0 Å². The molecule has 0 aromatic heterocycles. The summed E-state index contributed by atoms with van der Waals surface area (Å²) in [6, 6.07) is 9.91. The van der Waals surface area contributed by atoms with E-state index in [9.17, 15) is 4.79 Å². The number of amides is 1. The van der Waals surface area contributed by atoms with Gasteiger partial charge in [0.2, 0.25) is 5.91 Å². The summed E-state index contributed by atoms with van der Waals surface area (Å²) in [5, 5.41) is 0. The van der Waals surface area contributed by atoms with Crippen molar-refractivity contribution in [3.05, 3.63) is 35.9 Å². The molecule has 0 aliphatic heterocycles. The Labute approximate surface area is 148 Å². The second-order valence-corrected chi connectivity index (χ2v) is 7.59. The third-order valence-corrected chi connectivity index (χ3v) is 4.29. The lowest BCUT2D eigenvalue weighted by Crippen LogP contribution is -2.31. The van der Waals surface area contributed by atoms with Crippen molar-refractivity contribution in [1.29, 1.82) is 0 Å². The molecule has 0 aliphatic rings. The molecule has 0 unspecified atom stereocenters. The summed E-state index contributed by atoms with van der Waals surface area (Å²) in [4.78, 5) is 17.9. The lowest BCUT2D eigenvalue weighted by molar-refractivity contribution is -0.139. The maximum absolute atomic E-state index is 12.4. The van der Waals surface area contributed by atoms with Crippen LogP contribution in [0.3, 0.4) is 0 Å². The van der Waals surface area contributed by atoms with Gasteiger partial charge in [-0.1, -0.05) is 83.7 Å². The standard InChI is InChI=1S/C21H35NO2/c1-17(2)10-8-14-20(15-9-11-18(3)4)21(23)22-24-16-19-12-6-5-7-13-19/h5-7,12-13,17-18,20H,8-11,14-16H2,1-4H3,(H,22,23). The fourth-order valence-corrected chi connectivity index (χ4v) is 2.80. The zero-order valence-corrected chi connectivity index (χ0v) is 15.9. The van der Waals surface area contributed by atoms with Crippen LogP contribution in [0.2, 0.25) is 0 Å². The average Bonchev–Trinajstić information content (AvgIpc) is 2.53. The van der Waals surface area contributed by atoms with Crippen LogP contribution in [-0.2, 0) is 16.2 Å². The maximum atomic E-state index is 12.4. The van der Waals surface area contributed by atoms with Crippen LogP contribution in [0, 0.1) is 17.8 Å². The van der Waals surface area contributed by atoms with Crippen molar-refractivity contribution in [2.24, 2.45) is 17.8 Å². The van der Waals surface area contributed by atoms with E-state index < -0.39 is 0 Å². The molecule has 1 N–H and O–H groups in total. The van der Waals surface area contributed by atoms with Gasteiger partial charge in [0, 0.05) is 5.92 Å². The minimum absolute atomic E-state index is 0.0402. The molecular formula is C21H35NO2. The van der Waals surface area contributed by atoms with Gasteiger partial charge in [-0.2, -0.15) is 0 Å². The first-order valence-electron chi connectivity index (χ1n) is 9.44. The molecule has 0 heterocycles. The van der Waals surface area contributed by atoms with Crippen molar-refractivity contribution in [3.63, 3.8) is 0 Å². The van der Waals surface area contributed by atoms with E-state index in [1.54, 1.807) is 0 Å². The van der Waals surface area contributed by atoms with Gasteiger partial charge in [-0.05, 0) is 30.2 Å². The predicted octanol–water partition coefficient (Wildman–Crippen LogP) is 5.50. The van der Waals surface area contributed by atoms with E-state index in [2.05, 4.69) is 33.2 Å². The highest BCUT2D eigenvalue weighted by Crippen LogP contribution is 2.20. The first-order valence-corrected chi connectivity index (χ1v) is 9.44. The Morgan fingerprint density at radius 2 is 1.46 bits per heavy atom. The van der Waals surface area contributed by atoms with Gasteiger partial charge in [0.25, 0.3) is 0 Å². The van der Waals surface area contributed by atoms with Crippen LogP contribution in [0.4, 0.5) is 0 Å². The van der Waals surface area contributed by atoms with Crippen molar-refractivity contribution < 1.29 is 9.63 Å². The summed E-state index contributed by atoms with van der Waals surface area (Å²) in [5.41, 5.74) is 3.73. The monoisotopic (exact) mass is 333 g/mol. The highest BCUT2D eigenvalue weighted by molar-refractivity contribution is 5.77. The summed E-state index contributed by atoms with van der Waals surface area (Å²) < 4.78 is 0. The average molecular weight is 334 g/mol. The molecule has 3 nitrogen and oxygen atoms in total. The van der Waals surface area contributed by atoms with Gasteiger partial charge >= 0.3 is 0 Å². The van der Waals surface area contributed by atoms with Crippen LogP contribution in [-0.4, -0.2) is 5.91 Å². The van der Waals surface area contributed by atoms with E-state index in [-0.39, 0.29) is 11.8 Å². The normalized spacial score (nSPS) is 11.5. The number of hydrogen-bond donors (Lipinski definition) is 1. The highest BCUT2D eigenvalue weighted by Gasteiger charge is 2.18. The Morgan fingerprint density at radius 1 is 0.917 bits per heavy atom. The molecular weight excluding hydrogens is 298 g/mol. The molecule has 0 bridgehead atoms. The fraction of sp³-hybridized carbons (Fsp3) is 0.667. The Bertz CT molecular complexity index is 428. The molecule has 24 heavy (non-hydrogen) atoms. The van der Waals surface area contributed by atoms with Crippen molar-refractivity contribution in [3.8, 4) is 0 Å². The van der Waals surface area contributed by atoms with Crippen LogP contribution in [0.15, 0.2) is 30.3 Å². The lowest BCUT2D eigenvalue weighted by Gasteiger charge is -2.17. The molecule has 1 rings (SSSR count). The van der Waals surface area contributed by atoms with Crippen molar-refractivity contribution in [2.45, 2.75) is 72.8 Å². The molecule has 1 aromatic rings. The quantitative estimate of drug-likeness (QED) is 0.513. The third-order valence-electron chi connectivity index (χ3n) is 4.29. The first-order chi connectivity index (χ1) is 11.5. The molecule has 0 atom stereocenters. The van der Waals surface area contributed by atoms with E-state index >= 15 is 0 Å². The van der Waals surface area contributed by atoms with Crippen molar-refractivity contribution in [1.82, 2.24) is 5.48 Å². The van der Waals surface area contributed by atoms with Gasteiger partial charge in [0.15, 0.2) is 0 Å². The number of carbonyl (C=O) groups excluding carboxylic acids is 1. The molecule has 0 radical (unpaired) electrons. The molecule has 1 amide bonds. The van der Waals surface area contributed by atoms with E-state index in [0.717, 1.165) is 31.2 Å². The Kier molecular flexibility index (Phi) is 10.4. The maximum Gasteiger partial charge on any atom is 0.246 e. The summed E-state index contributed by atoms with van der Waals surface area (Å²) in [5.74, 6) is 1.49. The van der Waals surface area contributed by atoms with Gasteiger partial charge in [0.1, 0.15) is 0 Å². The number of rotatable bonds is 12. The van der Waals surface area contributed by atoms with Crippen LogP contribution < -0.4 is 5.48 Å². The minimum atomic E-state index is 0.0402. The molecule has 136 valence electrons. The van der Waals surface area contributed by atoms with Gasteiger partial charge in [-0.3, -0.25) is 9.63 Å². The zero-order chi connectivity index (χ0) is 17.8. The highest BCUT2D eigenvalue weighted by atomic mass is 16.6. The van der Waals surface area contributed by atoms with Crippen LogP contribution in [0.25, 0.3) is 0 Å². The number of nitrogens with one attached hydrogen (secondary N) is 1. The largest absolute Gasteiger partial charge is 0.273 e. The molecule has 0 aliphatic carbocycles. The van der Waals surface area contributed by atoms with E-state index in [1.165, 1.54) is 12.8 Å². The topological polar surface area (TPSA) is 38.3 Å². The van der Waals surface area contributed by atoms with Crippen molar-refractivity contribution >= 4 is 5.91 Å². The number of hydroxylamine groups is 1. The zero-order valence-electron chi connectivity index (χ0n) is 15.9. The van der Waals surface area contributed by atoms with Crippen LogP contribution in [0.5, 0.6) is 0 Å². The second kappa shape index (κ2) is 12.1. The molecule has 0 saturated carbocycles. The Balaban J connectivity index is 2.39. The summed E-state index contributed by atoms with van der Waals surface area (Å²) in [6.45, 7) is 9.35. The Morgan fingerprint density at radius 3 is 1.96 bits per heavy atom. The third kappa shape index (κ3) is 9.71. The van der Waals surface area contributed by atoms with Crippen LogP contribution in [0.1, 0.15) is 71.8 Å². The number of benzene rings is 1. The summed E-state index contributed by atoms with van der Waals surface area (Å²) in [6.07, 6.45) is 6.48. The van der Waals surface area contributed by atoms with Gasteiger partial charge in [-0.15, -0.1) is 0 Å². The smallest absolute Gasteiger partial charge is 0.246 e. The molecule has 0 spiro atoms. The predicted molar refractivity (Wildman–Crippen MR) is 100 cm³/mol. The molecule has 0 fully saturated rings. The van der Waals surface area contributed by atoms with E-state index in [4.69, 9.17) is 4.84 Å². The Hall–Kier alpha value is -1.35. The first kappa shape index (κ1) is 20.7. The molecule has 0 saturated heterocycles. The van der Waals surface area contributed by atoms with E-state index in [0.29, 0.717) is 18.4 Å². The van der Waals surface area contributed by atoms with Gasteiger partial charge in [0.05, 0.1) is 6.61 Å². The number of carbonyl (C=O) groups is 1. The van der Waals surface area contributed by atoms with Gasteiger partial charge in [-0.25, -0.2) is 5.48 Å². The minimum Gasteiger partial charge on any atom is -0.273 e. The molecule has 1 aromatic carbocycles. The second-order valence-electron chi connectivity index (χ2n) is 7.59.